The van der Waals surface area contributed by atoms with Gasteiger partial charge < -0.3 is 5.32 Å². The summed E-state index contributed by atoms with van der Waals surface area (Å²) in [5.41, 5.74) is 4.27. The average molecular weight is 437 g/mol. The number of fused-ring (bicyclic) bond motifs is 1. The van der Waals surface area contributed by atoms with Crippen LogP contribution < -0.4 is 11.0 Å². The molecule has 7 heteroatoms. The standard InChI is InChI=1S/C25H29FN4O2/c1-16-11-21-22(29(3)24(32)28(21)2)12-17(16)13-30-14-19(18-7-4-5-8-20(18)26)25(15-30)10-6-9-23(31)27-25/h4-5,7-8,11-12,19H,6,9-10,13-15H2,1-3H3,(H,27,31)/t19-,25+/m0/s1. The summed E-state index contributed by atoms with van der Waals surface area (Å²) >= 11 is 0. The lowest BCUT2D eigenvalue weighted by Crippen LogP contribution is -2.56. The molecule has 2 aliphatic heterocycles. The van der Waals surface area contributed by atoms with E-state index >= 15 is 0 Å². The first-order chi connectivity index (χ1) is 15.3. The number of nitrogens with zero attached hydrogens (tertiary/aromatic N) is 3. The molecule has 2 saturated heterocycles. The molecular weight excluding hydrogens is 407 g/mol. The smallest absolute Gasteiger partial charge is 0.328 e. The van der Waals surface area contributed by atoms with Crippen LogP contribution in [0.4, 0.5) is 4.39 Å². The van der Waals surface area contributed by atoms with Crippen molar-refractivity contribution in [2.24, 2.45) is 14.1 Å². The number of carbonyl (C=O) groups excluding carboxylic acids is 1. The van der Waals surface area contributed by atoms with Gasteiger partial charge in [-0.05, 0) is 54.7 Å². The van der Waals surface area contributed by atoms with Crippen LogP contribution in [0.2, 0.25) is 0 Å². The number of rotatable bonds is 3. The van der Waals surface area contributed by atoms with Gasteiger partial charge in [0.05, 0.1) is 16.6 Å². The largest absolute Gasteiger partial charge is 0.349 e. The first kappa shape index (κ1) is 20.9. The van der Waals surface area contributed by atoms with E-state index in [1.165, 1.54) is 6.07 Å². The first-order valence-corrected chi connectivity index (χ1v) is 11.2. The zero-order valence-electron chi connectivity index (χ0n) is 18.8. The van der Waals surface area contributed by atoms with Crippen LogP contribution in [0.5, 0.6) is 0 Å². The summed E-state index contributed by atoms with van der Waals surface area (Å²) in [6, 6.07) is 11.1. The Morgan fingerprint density at radius 2 is 1.84 bits per heavy atom. The van der Waals surface area contributed by atoms with Crippen LogP contribution in [0.3, 0.4) is 0 Å². The zero-order valence-corrected chi connectivity index (χ0v) is 18.8. The van der Waals surface area contributed by atoms with Gasteiger partial charge in [-0.2, -0.15) is 0 Å². The molecule has 2 aromatic carbocycles. The molecule has 1 spiro atoms. The fourth-order valence-electron chi connectivity index (χ4n) is 5.73. The van der Waals surface area contributed by atoms with E-state index in [1.54, 1.807) is 29.3 Å². The molecule has 0 bridgehead atoms. The Bertz CT molecular complexity index is 1280. The Labute approximate surface area is 186 Å². The topological polar surface area (TPSA) is 59.3 Å². The van der Waals surface area contributed by atoms with E-state index in [4.69, 9.17) is 0 Å². The summed E-state index contributed by atoms with van der Waals surface area (Å²) in [7, 11) is 3.58. The van der Waals surface area contributed by atoms with Gasteiger partial charge in [0.25, 0.3) is 0 Å². The van der Waals surface area contributed by atoms with Crippen LogP contribution in [0.15, 0.2) is 41.2 Å². The normalized spacial score (nSPS) is 23.9. The second kappa shape index (κ2) is 7.59. The Morgan fingerprint density at radius 1 is 1.12 bits per heavy atom. The molecule has 0 unspecified atom stereocenters. The lowest BCUT2D eigenvalue weighted by atomic mass is 9.76. The van der Waals surface area contributed by atoms with Crippen molar-refractivity contribution in [2.75, 3.05) is 13.1 Å². The third-order valence-corrected chi connectivity index (χ3v) is 7.43. The molecule has 168 valence electrons. The third kappa shape index (κ3) is 3.26. The molecule has 0 radical (unpaired) electrons. The van der Waals surface area contributed by atoms with Crippen molar-refractivity contribution >= 4 is 16.9 Å². The highest BCUT2D eigenvalue weighted by Gasteiger charge is 2.50. The van der Waals surface area contributed by atoms with Gasteiger partial charge in [-0.1, -0.05) is 18.2 Å². The fraction of sp³-hybridized carbons (Fsp3) is 0.440. The Morgan fingerprint density at radius 3 is 2.56 bits per heavy atom. The van der Waals surface area contributed by atoms with Gasteiger partial charge in [0.1, 0.15) is 5.82 Å². The minimum atomic E-state index is -0.449. The maximum Gasteiger partial charge on any atom is 0.328 e. The summed E-state index contributed by atoms with van der Waals surface area (Å²) in [4.78, 5) is 27.0. The highest BCUT2D eigenvalue weighted by molar-refractivity contribution is 5.79. The van der Waals surface area contributed by atoms with Crippen LogP contribution >= 0.6 is 0 Å². The van der Waals surface area contributed by atoms with Gasteiger partial charge in [-0.25, -0.2) is 9.18 Å². The van der Waals surface area contributed by atoms with Crippen molar-refractivity contribution in [3.05, 3.63) is 69.4 Å². The van der Waals surface area contributed by atoms with E-state index in [0.717, 1.165) is 35.0 Å². The number of hydrogen-bond donors (Lipinski definition) is 1. The van der Waals surface area contributed by atoms with Gasteiger partial charge in [-0.3, -0.25) is 18.8 Å². The predicted molar refractivity (Wildman–Crippen MR) is 122 cm³/mol. The molecule has 5 rings (SSSR count). The molecule has 1 amide bonds. The third-order valence-electron chi connectivity index (χ3n) is 7.43. The lowest BCUT2D eigenvalue weighted by molar-refractivity contribution is -0.125. The molecule has 2 atom stereocenters. The van der Waals surface area contributed by atoms with Gasteiger partial charge in [0.2, 0.25) is 5.91 Å². The lowest BCUT2D eigenvalue weighted by Gasteiger charge is -2.39. The Balaban J connectivity index is 1.51. The van der Waals surface area contributed by atoms with Crippen LogP contribution in [0.1, 0.15) is 41.9 Å². The van der Waals surface area contributed by atoms with Crippen molar-refractivity contribution in [3.8, 4) is 0 Å². The molecule has 3 heterocycles. The molecule has 1 N–H and O–H groups in total. The second-order valence-electron chi connectivity index (χ2n) is 9.47. The van der Waals surface area contributed by atoms with E-state index in [9.17, 15) is 14.0 Å². The average Bonchev–Trinajstić information content (AvgIpc) is 3.19. The van der Waals surface area contributed by atoms with Gasteiger partial charge >= 0.3 is 5.69 Å². The van der Waals surface area contributed by atoms with E-state index in [1.807, 2.05) is 12.1 Å². The Hall–Kier alpha value is -2.93. The zero-order chi connectivity index (χ0) is 22.6. The van der Waals surface area contributed by atoms with Crippen LogP contribution in [-0.4, -0.2) is 38.6 Å². The minimum absolute atomic E-state index is 0.0405. The number of hydrogen-bond acceptors (Lipinski definition) is 3. The number of aromatic nitrogens is 2. The van der Waals surface area contributed by atoms with Crippen molar-refractivity contribution in [2.45, 2.75) is 44.2 Å². The van der Waals surface area contributed by atoms with Crippen molar-refractivity contribution < 1.29 is 9.18 Å². The number of nitrogens with one attached hydrogen (secondary N) is 1. The minimum Gasteiger partial charge on any atom is -0.349 e. The van der Waals surface area contributed by atoms with Crippen molar-refractivity contribution in [1.82, 2.24) is 19.4 Å². The quantitative estimate of drug-likeness (QED) is 0.687. The summed E-state index contributed by atoms with van der Waals surface area (Å²) in [5.74, 6) is -0.259. The fourth-order valence-corrected chi connectivity index (χ4v) is 5.73. The molecule has 3 aromatic rings. The molecule has 2 fully saturated rings. The number of imidazole rings is 1. The van der Waals surface area contributed by atoms with E-state index in [2.05, 4.69) is 29.3 Å². The van der Waals surface area contributed by atoms with Crippen LogP contribution in [0, 0.1) is 12.7 Å². The number of likely N-dealkylation sites (tertiary alicyclic amines) is 1. The van der Waals surface area contributed by atoms with E-state index in [-0.39, 0.29) is 23.3 Å². The molecule has 1 aromatic heterocycles. The predicted octanol–water partition coefficient (Wildman–Crippen LogP) is 2.96. The van der Waals surface area contributed by atoms with Crippen molar-refractivity contribution in [1.29, 1.82) is 0 Å². The van der Waals surface area contributed by atoms with Gasteiger partial charge in [0, 0.05) is 46.1 Å². The molecule has 6 nitrogen and oxygen atoms in total. The SMILES string of the molecule is Cc1cc2c(cc1CN1C[C@@H](c3ccccc3F)[C@@]3(CCCC(=O)N3)C1)n(C)c(=O)n2C. The molecule has 2 aliphatic rings. The van der Waals surface area contributed by atoms with E-state index < -0.39 is 5.54 Å². The summed E-state index contributed by atoms with van der Waals surface area (Å²) in [6.45, 7) is 4.11. The Kier molecular flexibility index (Phi) is 4.97. The monoisotopic (exact) mass is 436 g/mol. The molecule has 0 saturated carbocycles. The molecular formula is C25H29FN4O2. The number of aryl methyl sites for hydroxylation is 3. The highest BCUT2D eigenvalue weighted by atomic mass is 19.1. The van der Waals surface area contributed by atoms with Gasteiger partial charge in [0.15, 0.2) is 0 Å². The van der Waals surface area contributed by atoms with Gasteiger partial charge in [-0.15, -0.1) is 0 Å². The molecule has 32 heavy (non-hydrogen) atoms. The molecule has 0 aliphatic carbocycles. The van der Waals surface area contributed by atoms with Crippen LogP contribution in [0.25, 0.3) is 11.0 Å². The van der Waals surface area contributed by atoms with Crippen molar-refractivity contribution in [3.63, 3.8) is 0 Å². The van der Waals surface area contributed by atoms with E-state index in [0.29, 0.717) is 31.6 Å². The number of benzene rings is 2. The summed E-state index contributed by atoms with van der Waals surface area (Å²) < 4.78 is 18.1. The van der Waals surface area contributed by atoms with Crippen LogP contribution in [-0.2, 0) is 25.4 Å². The number of carbonyl (C=O) groups is 1. The number of amides is 1. The maximum absolute atomic E-state index is 14.8. The maximum atomic E-state index is 14.8. The number of piperidine rings is 1. The summed E-state index contributed by atoms with van der Waals surface area (Å²) in [5, 5.41) is 3.25. The number of halogens is 1. The summed E-state index contributed by atoms with van der Waals surface area (Å²) in [6.07, 6.45) is 2.20. The highest BCUT2D eigenvalue weighted by Crippen LogP contribution is 2.42. The first-order valence-electron chi connectivity index (χ1n) is 11.2. The second-order valence-corrected chi connectivity index (χ2v) is 9.47.